The summed E-state index contributed by atoms with van der Waals surface area (Å²) in [5.74, 6) is 4.05. The molecule has 2 unspecified atom stereocenters. The molecule has 0 bridgehead atoms. The van der Waals surface area contributed by atoms with E-state index < -0.39 is 17.9 Å². The summed E-state index contributed by atoms with van der Waals surface area (Å²) >= 11 is 0. The summed E-state index contributed by atoms with van der Waals surface area (Å²) in [6, 6.07) is 10.7. The standard InChI is InChI=1S/C21H24N4O2/c1-12-17(13-7-5-4-6-8-13)14(11-22)20(23)25(24)19(12)18-15(26)9-21(2,3)10-16(18)27/h4-8,14,18-19,23H,9-10,24H2,1-3H3. The van der Waals surface area contributed by atoms with Crippen LogP contribution in [0, 0.1) is 34.0 Å². The second kappa shape index (κ2) is 6.75. The van der Waals surface area contributed by atoms with Gasteiger partial charge in [0.25, 0.3) is 0 Å². The molecule has 1 aromatic rings. The molecule has 1 aliphatic heterocycles. The van der Waals surface area contributed by atoms with E-state index in [0.717, 1.165) is 10.6 Å². The van der Waals surface area contributed by atoms with Crippen molar-refractivity contribution in [3.63, 3.8) is 0 Å². The van der Waals surface area contributed by atoms with Gasteiger partial charge in [0, 0.05) is 12.8 Å². The molecule has 0 radical (unpaired) electrons. The van der Waals surface area contributed by atoms with Crippen LogP contribution in [-0.2, 0) is 9.59 Å². The molecule has 1 aliphatic carbocycles. The van der Waals surface area contributed by atoms with Gasteiger partial charge in [-0.3, -0.25) is 20.0 Å². The number of rotatable bonds is 2. The minimum Gasteiger partial charge on any atom is -0.299 e. The quantitative estimate of drug-likeness (QED) is 0.619. The van der Waals surface area contributed by atoms with Crippen LogP contribution in [0.5, 0.6) is 0 Å². The number of nitrogens with zero attached hydrogens (tertiary/aromatic N) is 2. The predicted molar refractivity (Wildman–Crippen MR) is 102 cm³/mol. The smallest absolute Gasteiger partial charge is 0.146 e. The number of nitrogens with two attached hydrogens (primary N) is 1. The van der Waals surface area contributed by atoms with Crippen molar-refractivity contribution in [3.05, 3.63) is 41.5 Å². The minimum absolute atomic E-state index is 0.0858. The number of carbonyl (C=O) groups excluding carboxylic acids is 2. The Morgan fingerprint density at radius 2 is 1.74 bits per heavy atom. The lowest BCUT2D eigenvalue weighted by Gasteiger charge is -2.44. The number of nitrogens with one attached hydrogen (secondary N) is 1. The molecule has 1 heterocycles. The van der Waals surface area contributed by atoms with Crippen molar-refractivity contribution in [1.29, 1.82) is 10.7 Å². The Hall–Kier alpha value is -2.78. The van der Waals surface area contributed by atoms with Crippen LogP contribution in [0.1, 0.15) is 39.2 Å². The number of amidine groups is 1. The predicted octanol–water partition coefficient (Wildman–Crippen LogP) is 2.71. The van der Waals surface area contributed by atoms with Crippen LogP contribution >= 0.6 is 0 Å². The van der Waals surface area contributed by atoms with E-state index in [-0.39, 0.29) is 22.8 Å². The largest absolute Gasteiger partial charge is 0.299 e. The summed E-state index contributed by atoms with van der Waals surface area (Å²) in [5.41, 5.74) is 1.82. The van der Waals surface area contributed by atoms with E-state index in [1.54, 1.807) is 0 Å². The number of Topliss-reactive ketones (excluding diaryl/α,β-unsaturated/α-hetero) is 2. The first-order valence-corrected chi connectivity index (χ1v) is 9.01. The van der Waals surface area contributed by atoms with E-state index >= 15 is 0 Å². The Labute approximate surface area is 159 Å². The lowest BCUT2D eigenvalue weighted by molar-refractivity contribution is -0.141. The Balaban J connectivity index is 2.15. The molecule has 0 amide bonds. The molecule has 2 aliphatic rings. The number of ketones is 2. The van der Waals surface area contributed by atoms with Gasteiger partial charge in [-0.05, 0) is 29.0 Å². The zero-order chi connectivity index (χ0) is 19.9. The highest BCUT2D eigenvalue weighted by molar-refractivity contribution is 6.08. The molecule has 0 saturated heterocycles. The highest BCUT2D eigenvalue weighted by Gasteiger charge is 2.49. The van der Waals surface area contributed by atoms with E-state index in [4.69, 9.17) is 11.3 Å². The van der Waals surface area contributed by atoms with Gasteiger partial charge in [-0.1, -0.05) is 44.2 Å². The third-order valence-corrected chi connectivity index (χ3v) is 5.54. The summed E-state index contributed by atoms with van der Waals surface area (Å²) in [5, 5.41) is 19.2. The lowest BCUT2D eigenvalue weighted by Crippen LogP contribution is -2.59. The zero-order valence-electron chi connectivity index (χ0n) is 15.8. The van der Waals surface area contributed by atoms with Crippen LogP contribution in [0.25, 0.3) is 5.57 Å². The maximum Gasteiger partial charge on any atom is 0.146 e. The van der Waals surface area contributed by atoms with Crippen molar-refractivity contribution in [2.24, 2.45) is 23.1 Å². The van der Waals surface area contributed by atoms with Crippen LogP contribution in [-0.4, -0.2) is 28.5 Å². The van der Waals surface area contributed by atoms with Gasteiger partial charge in [-0.2, -0.15) is 5.26 Å². The van der Waals surface area contributed by atoms with Gasteiger partial charge >= 0.3 is 0 Å². The third-order valence-electron chi connectivity index (χ3n) is 5.54. The summed E-state index contributed by atoms with van der Waals surface area (Å²) in [4.78, 5) is 25.7. The molecular formula is C21H24N4O2. The number of hydrogen-bond acceptors (Lipinski definition) is 5. The first-order valence-electron chi connectivity index (χ1n) is 9.01. The van der Waals surface area contributed by atoms with Crippen LogP contribution in [0.4, 0.5) is 0 Å². The maximum absolute atomic E-state index is 12.9. The average Bonchev–Trinajstić information content (AvgIpc) is 2.60. The van der Waals surface area contributed by atoms with E-state index in [2.05, 4.69) is 6.07 Å². The highest BCUT2D eigenvalue weighted by Crippen LogP contribution is 2.42. The van der Waals surface area contributed by atoms with Gasteiger partial charge in [0.15, 0.2) is 0 Å². The first-order chi connectivity index (χ1) is 12.7. The van der Waals surface area contributed by atoms with Gasteiger partial charge in [0.2, 0.25) is 0 Å². The Morgan fingerprint density at radius 1 is 1.19 bits per heavy atom. The number of hydrazine groups is 1. The summed E-state index contributed by atoms with van der Waals surface area (Å²) in [6.07, 6.45) is 0.605. The topological polar surface area (TPSA) is 111 Å². The van der Waals surface area contributed by atoms with E-state index in [1.165, 1.54) is 0 Å². The van der Waals surface area contributed by atoms with Crippen molar-refractivity contribution < 1.29 is 9.59 Å². The molecule has 27 heavy (non-hydrogen) atoms. The lowest BCUT2D eigenvalue weighted by atomic mass is 9.67. The normalized spacial score (nSPS) is 26.3. The zero-order valence-corrected chi connectivity index (χ0v) is 15.8. The van der Waals surface area contributed by atoms with Crippen LogP contribution in [0.2, 0.25) is 0 Å². The Morgan fingerprint density at radius 3 is 2.26 bits per heavy atom. The van der Waals surface area contributed by atoms with E-state index in [1.807, 2.05) is 51.1 Å². The SMILES string of the molecule is CC1=C(c2ccccc2)C(C#N)C(=N)N(N)C1C1C(=O)CC(C)(C)CC1=O. The summed E-state index contributed by atoms with van der Waals surface area (Å²) in [6.45, 7) is 5.63. The fourth-order valence-corrected chi connectivity index (χ4v) is 4.34. The maximum atomic E-state index is 12.9. The molecule has 6 nitrogen and oxygen atoms in total. The molecule has 0 spiro atoms. The van der Waals surface area contributed by atoms with Crippen LogP contribution in [0.15, 0.2) is 35.9 Å². The molecule has 3 rings (SSSR count). The Kier molecular flexibility index (Phi) is 4.75. The van der Waals surface area contributed by atoms with Crippen molar-refractivity contribution >= 4 is 23.0 Å². The molecule has 6 heteroatoms. The van der Waals surface area contributed by atoms with Gasteiger partial charge in [0.1, 0.15) is 29.2 Å². The van der Waals surface area contributed by atoms with Crippen molar-refractivity contribution in [2.75, 3.05) is 0 Å². The molecule has 0 aromatic heterocycles. The summed E-state index contributed by atoms with van der Waals surface area (Å²) < 4.78 is 0. The fourth-order valence-electron chi connectivity index (χ4n) is 4.34. The number of hydrogen-bond donors (Lipinski definition) is 2. The van der Waals surface area contributed by atoms with Gasteiger partial charge in [0.05, 0.1) is 12.1 Å². The molecule has 1 fully saturated rings. The number of nitriles is 1. The average molecular weight is 364 g/mol. The summed E-state index contributed by atoms with van der Waals surface area (Å²) in [7, 11) is 0. The highest BCUT2D eigenvalue weighted by atomic mass is 16.2. The van der Waals surface area contributed by atoms with Crippen molar-refractivity contribution in [1.82, 2.24) is 5.01 Å². The molecule has 3 N–H and O–H groups in total. The minimum atomic E-state index is -0.901. The van der Waals surface area contributed by atoms with Crippen molar-refractivity contribution in [2.45, 2.75) is 39.7 Å². The van der Waals surface area contributed by atoms with Gasteiger partial charge in [-0.15, -0.1) is 0 Å². The molecule has 140 valence electrons. The first kappa shape index (κ1) is 19.0. The third kappa shape index (κ3) is 3.19. The monoisotopic (exact) mass is 364 g/mol. The molecule has 1 saturated carbocycles. The second-order valence-corrected chi connectivity index (χ2v) is 8.19. The fraction of sp³-hybridized carbons (Fsp3) is 0.429. The second-order valence-electron chi connectivity index (χ2n) is 8.19. The number of carbonyl (C=O) groups is 2. The number of benzene rings is 1. The van der Waals surface area contributed by atoms with E-state index in [9.17, 15) is 14.9 Å². The van der Waals surface area contributed by atoms with E-state index in [0.29, 0.717) is 24.0 Å². The molecular weight excluding hydrogens is 340 g/mol. The van der Waals surface area contributed by atoms with Gasteiger partial charge in [-0.25, -0.2) is 5.84 Å². The van der Waals surface area contributed by atoms with Gasteiger partial charge < -0.3 is 0 Å². The van der Waals surface area contributed by atoms with Crippen LogP contribution in [0.3, 0.4) is 0 Å². The van der Waals surface area contributed by atoms with Crippen LogP contribution < -0.4 is 5.84 Å². The van der Waals surface area contributed by atoms with Crippen molar-refractivity contribution in [3.8, 4) is 6.07 Å². The molecule has 1 aromatic carbocycles. The molecule has 2 atom stereocenters. The Bertz CT molecular complexity index is 859.